The molecule has 1 N–H and O–H groups in total. The summed E-state index contributed by atoms with van der Waals surface area (Å²) in [6, 6.07) is 12.5. The fraction of sp³-hybridized carbons (Fsp3) is 0.333. The number of nitrogens with zero attached hydrogens (tertiary/aromatic N) is 1. The zero-order valence-electron chi connectivity index (χ0n) is 21.1. The van der Waals surface area contributed by atoms with Crippen LogP contribution in [0.4, 0.5) is 0 Å². The highest BCUT2D eigenvalue weighted by Gasteiger charge is 2.28. The number of carbonyl (C=O) groups is 1. The molecule has 2 aliphatic rings. The molecule has 1 heterocycles. The van der Waals surface area contributed by atoms with Crippen molar-refractivity contribution in [3.8, 4) is 22.8 Å². The predicted octanol–water partition coefficient (Wildman–Crippen LogP) is 7.80. The van der Waals surface area contributed by atoms with Gasteiger partial charge in [0, 0.05) is 16.5 Å². The average molecular weight is 504 g/mol. The molecule has 0 spiro atoms. The van der Waals surface area contributed by atoms with Crippen molar-refractivity contribution in [1.82, 2.24) is 4.98 Å². The second-order valence-electron chi connectivity index (χ2n) is 8.74. The van der Waals surface area contributed by atoms with Crippen molar-refractivity contribution in [3.63, 3.8) is 0 Å². The Hall–Kier alpha value is -3.38. The highest BCUT2D eigenvalue weighted by atomic mass is 32.1. The lowest BCUT2D eigenvalue weighted by molar-refractivity contribution is -0.139. The van der Waals surface area contributed by atoms with Crippen LogP contribution in [0.15, 0.2) is 60.0 Å². The Morgan fingerprint density at radius 2 is 1.81 bits per heavy atom. The summed E-state index contributed by atoms with van der Waals surface area (Å²) in [7, 11) is 0. The van der Waals surface area contributed by atoms with E-state index in [9.17, 15) is 4.79 Å². The Morgan fingerprint density at radius 1 is 1.06 bits per heavy atom. The summed E-state index contributed by atoms with van der Waals surface area (Å²) < 4.78 is 11.7. The molecule has 0 aliphatic heterocycles. The van der Waals surface area contributed by atoms with E-state index in [1.807, 2.05) is 32.9 Å². The molecule has 188 valence electrons. The van der Waals surface area contributed by atoms with E-state index in [0.717, 1.165) is 58.8 Å². The van der Waals surface area contributed by atoms with Gasteiger partial charge in [-0.1, -0.05) is 56.3 Å². The number of hydrogen-bond donors (Lipinski definition) is 1. The third-order valence-electron chi connectivity index (χ3n) is 6.09. The summed E-state index contributed by atoms with van der Waals surface area (Å²) >= 11 is 1.60. The Kier molecular flexibility index (Phi) is 8.60. The van der Waals surface area contributed by atoms with Crippen LogP contribution in [0, 0.1) is 6.92 Å². The molecule has 0 unspecified atom stereocenters. The second kappa shape index (κ2) is 12.0. The molecule has 6 heteroatoms. The van der Waals surface area contributed by atoms with E-state index in [-0.39, 0.29) is 6.61 Å². The number of carboxylic acid groups (broad SMARTS) is 1. The van der Waals surface area contributed by atoms with E-state index < -0.39 is 5.97 Å². The molecule has 0 saturated heterocycles. The molecule has 3 aromatic rings. The number of ether oxygens (including phenoxy) is 2. The topological polar surface area (TPSA) is 68.7 Å². The normalized spacial score (nSPS) is 14.5. The number of aromatic nitrogens is 1. The number of allylic oxidation sites excluding steroid dienone is 4. The Balaban J connectivity index is 0.00000148. The van der Waals surface area contributed by atoms with Crippen LogP contribution in [-0.2, 0) is 11.4 Å². The standard InChI is InChI=1S/C28H27NO4S.C2H6/c1-18-13-26(23(21-9-10-21)14-25(18)33-16-28(30)31)32-15-27-29-24(17-34-27)22-11-7-20(8-12-22)19-5-3-2-4-6-19;1-2/h3,5-8,11-14,17,21H,2,4,9-10,15-16H2,1H3,(H,30,31);1-2H3. The van der Waals surface area contributed by atoms with Crippen molar-refractivity contribution in [1.29, 1.82) is 0 Å². The lowest BCUT2D eigenvalue weighted by atomic mass is 9.98. The van der Waals surface area contributed by atoms with Gasteiger partial charge in [0.05, 0.1) is 5.69 Å². The van der Waals surface area contributed by atoms with Crippen molar-refractivity contribution in [2.45, 2.75) is 59.0 Å². The average Bonchev–Trinajstić information content (AvgIpc) is 3.65. The Morgan fingerprint density at radius 3 is 2.47 bits per heavy atom. The van der Waals surface area contributed by atoms with Gasteiger partial charge in [0.2, 0.25) is 0 Å². The van der Waals surface area contributed by atoms with Crippen LogP contribution in [0.1, 0.15) is 67.1 Å². The summed E-state index contributed by atoms with van der Waals surface area (Å²) in [6.45, 7) is 5.96. The molecule has 1 saturated carbocycles. The highest BCUT2D eigenvalue weighted by Crippen LogP contribution is 2.46. The fourth-order valence-corrected chi connectivity index (χ4v) is 4.84. The van der Waals surface area contributed by atoms with Crippen LogP contribution in [-0.4, -0.2) is 22.7 Å². The van der Waals surface area contributed by atoms with Gasteiger partial charge in [-0.3, -0.25) is 0 Å². The molecule has 36 heavy (non-hydrogen) atoms. The van der Waals surface area contributed by atoms with Crippen molar-refractivity contribution in [3.05, 3.63) is 81.7 Å². The first kappa shape index (κ1) is 25.7. The van der Waals surface area contributed by atoms with E-state index in [1.54, 1.807) is 11.3 Å². The smallest absolute Gasteiger partial charge is 0.341 e. The minimum absolute atomic E-state index is 0.345. The van der Waals surface area contributed by atoms with Crippen LogP contribution in [0.25, 0.3) is 16.8 Å². The van der Waals surface area contributed by atoms with E-state index in [1.165, 1.54) is 11.1 Å². The number of aryl methyl sites for hydroxylation is 1. The number of thiazole rings is 1. The molecule has 1 fully saturated rings. The maximum atomic E-state index is 10.9. The molecule has 0 amide bonds. The Labute approximate surface area is 217 Å². The molecule has 1 aromatic heterocycles. The van der Waals surface area contributed by atoms with Crippen molar-refractivity contribution >= 4 is 22.9 Å². The van der Waals surface area contributed by atoms with Gasteiger partial charge in [0.15, 0.2) is 6.61 Å². The molecule has 0 bridgehead atoms. The molecular formula is C30H33NO4S. The number of aliphatic carboxylic acids is 1. The first-order valence-electron chi connectivity index (χ1n) is 12.6. The number of carboxylic acids is 1. The van der Waals surface area contributed by atoms with Gasteiger partial charge < -0.3 is 14.6 Å². The lowest BCUT2D eigenvalue weighted by Crippen LogP contribution is -2.10. The maximum Gasteiger partial charge on any atom is 0.341 e. The third kappa shape index (κ3) is 6.43. The SMILES string of the molecule is CC.Cc1cc(OCc2nc(-c3ccc(C4=CCCC=C4)cc3)cs2)c(C2CC2)cc1OCC(=O)O. The molecule has 2 aliphatic carbocycles. The Bertz CT molecular complexity index is 1250. The van der Waals surface area contributed by atoms with Gasteiger partial charge in [-0.2, -0.15) is 0 Å². The van der Waals surface area contributed by atoms with Crippen molar-refractivity contribution < 1.29 is 19.4 Å². The van der Waals surface area contributed by atoms with E-state index in [2.05, 4.69) is 47.9 Å². The molecule has 0 atom stereocenters. The van der Waals surface area contributed by atoms with Crippen molar-refractivity contribution in [2.24, 2.45) is 0 Å². The van der Waals surface area contributed by atoms with Crippen LogP contribution in [0.2, 0.25) is 0 Å². The third-order valence-corrected chi connectivity index (χ3v) is 6.91. The van der Waals surface area contributed by atoms with Gasteiger partial charge in [-0.25, -0.2) is 9.78 Å². The minimum Gasteiger partial charge on any atom is -0.486 e. The first-order valence-corrected chi connectivity index (χ1v) is 13.5. The molecule has 0 radical (unpaired) electrons. The summed E-state index contributed by atoms with van der Waals surface area (Å²) in [6.07, 6.45) is 11.2. The van der Waals surface area contributed by atoms with Crippen LogP contribution < -0.4 is 9.47 Å². The van der Waals surface area contributed by atoms with Gasteiger partial charge in [0.1, 0.15) is 23.1 Å². The van der Waals surface area contributed by atoms with E-state index >= 15 is 0 Å². The summed E-state index contributed by atoms with van der Waals surface area (Å²) in [5.41, 5.74) is 6.52. The number of benzene rings is 2. The van der Waals surface area contributed by atoms with Crippen LogP contribution in [0.3, 0.4) is 0 Å². The second-order valence-corrected chi connectivity index (χ2v) is 9.69. The zero-order valence-corrected chi connectivity index (χ0v) is 21.9. The molecule has 2 aromatic carbocycles. The van der Waals surface area contributed by atoms with E-state index in [0.29, 0.717) is 18.3 Å². The highest BCUT2D eigenvalue weighted by molar-refractivity contribution is 7.09. The summed E-state index contributed by atoms with van der Waals surface area (Å²) in [5.74, 6) is 0.904. The van der Waals surface area contributed by atoms with Gasteiger partial charge >= 0.3 is 5.97 Å². The minimum atomic E-state index is -0.982. The van der Waals surface area contributed by atoms with Gasteiger partial charge in [-0.05, 0) is 67.4 Å². The lowest BCUT2D eigenvalue weighted by Gasteiger charge is -2.15. The number of rotatable bonds is 9. The largest absolute Gasteiger partial charge is 0.486 e. The van der Waals surface area contributed by atoms with Crippen molar-refractivity contribution in [2.75, 3.05) is 6.61 Å². The summed E-state index contributed by atoms with van der Waals surface area (Å²) in [4.78, 5) is 15.7. The molecular weight excluding hydrogens is 470 g/mol. The number of hydrogen-bond acceptors (Lipinski definition) is 5. The summed E-state index contributed by atoms with van der Waals surface area (Å²) in [5, 5.41) is 11.9. The van der Waals surface area contributed by atoms with Crippen LogP contribution >= 0.6 is 11.3 Å². The fourth-order valence-electron chi connectivity index (χ4n) is 4.12. The predicted molar refractivity (Wildman–Crippen MR) is 146 cm³/mol. The first-order chi connectivity index (χ1) is 17.6. The monoisotopic (exact) mass is 503 g/mol. The van der Waals surface area contributed by atoms with Gasteiger partial charge in [-0.15, -0.1) is 11.3 Å². The maximum absolute atomic E-state index is 10.9. The zero-order chi connectivity index (χ0) is 25.5. The van der Waals surface area contributed by atoms with Gasteiger partial charge in [0.25, 0.3) is 0 Å². The van der Waals surface area contributed by atoms with Crippen LogP contribution in [0.5, 0.6) is 11.5 Å². The van der Waals surface area contributed by atoms with E-state index in [4.69, 9.17) is 19.6 Å². The molecule has 5 rings (SSSR count). The molecule has 5 nitrogen and oxygen atoms in total. The quantitative estimate of drug-likeness (QED) is 0.323.